The molecular formula is C16H26ClNO5. The molecule has 0 aromatic heterocycles. The second-order valence-corrected chi connectivity index (χ2v) is 5.81. The number of halogens is 1. The van der Waals surface area contributed by atoms with Gasteiger partial charge in [0.1, 0.15) is 12.4 Å². The Balaban J connectivity index is 0. The Morgan fingerprint density at radius 2 is 1.70 bits per heavy atom. The number of carboxylic acid groups (broad SMARTS) is 1. The van der Waals surface area contributed by atoms with Crippen LogP contribution in [0, 0.1) is 0 Å². The number of aliphatic hydroxyl groups excluding tert-OH is 1. The highest BCUT2D eigenvalue weighted by Crippen LogP contribution is 2.31. The molecule has 6 nitrogen and oxygen atoms in total. The van der Waals surface area contributed by atoms with Gasteiger partial charge in [0.05, 0.1) is 5.56 Å². The monoisotopic (exact) mass is 347 g/mol. The summed E-state index contributed by atoms with van der Waals surface area (Å²) in [6.45, 7) is 7.45. The number of carbonyl (C=O) groups excluding carboxylic acids is 1. The van der Waals surface area contributed by atoms with Crippen LogP contribution in [0.2, 0.25) is 0 Å². The number of nitrogens with two attached hydrogens (primary N) is 1. The molecule has 132 valence electrons. The van der Waals surface area contributed by atoms with Gasteiger partial charge in [-0.05, 0) is 17.0 Å². The summed E-state index contributed by atoms with van der Waals surface area (Å²) in [4.78, 5) is 20.9. The quantitative estimate of drug-likeness (QED) is 0.620. The fourth-order valence-electron chi connectivity index (χ4n) is 1.69. The number of phenolic OH excluding ortho intramolecular Hbond substituents is 1. The number of aromatic hydroxyl groups is 1. The number of Topliss-reactive ketones (excluding diaryl/α,β-unsaturated/α-hetero) is 1. The molecule has 5 N–H and O–H groups in total. The van der Waals surface area contributed by atoms with Crippen molar-refractivity contribution < 1.29 is 24.9 Å². The molecule has 0 fully saturated rings. The van der Waals surface area contributed by atoms with Crippen LogP contribution in [-0.2, 0) is 16.8 Å². The van der Waals surface area contributed by atoms with Crippen molar-refractivity contribution in [2.75, 3.05) is 6.61 Å². The zero-order valence-electron chi connectivity index (χ0n) is 13.9. The zero-order chi connectivity index (χ0) is 17.5. The predicted octanol–water partition coefficient (Wildman–Crippen LogP) is 2.23. The predicted molar refractivity (Wildman–Crippen MR) is 91.3 cm³/mol. The van der Waals surface area contributed by atoms with Crippen molar-refractivity contribution in [1.82, 2.24) is 0 Å². The molecule has 0 amide bonds. The Hall–Kier alpha value is -1.63. The lowest BCUT2D eigenvalue weighted by atomic mass is 9.84. The first-order valence-electron chi connectivity index (χ1n) is 7.00. The average molecular weight is 348 g/mol. The van der Waals surface area contributed by atoms with Gasteiger partial charge in [0.2, 0.25) is 0 Å². The zero-order valence-corrected chi connectivity index (χ0v) is 14.7. The van der Waals surface area contributed by atoms with Gasteiger partial charge in [0.15, 0.2) is 5.78 Å². The summed E-state index contributed by atoms with van der Waals surface area (Å²) in [5, 5.41) is 25.0. The fraction of sp³-hybridized carbons (Fsp3) is 0.500. The van der Waals surface area contributed by atoms with Crippen molar-refractivity contribution in [1.29, 1.82) is 0 Å². The summed E-state index contributed by atoms with van der Waals surface area (Å²) in [5.41, 5.74) is 7.58. The van der Waals surface area contributed by atoms with E-state index in [9.17, 15) is 9.90 Å². The Kier molecular flexibility index (Phi) is 10.5. The topological polar surface area (TPSA) is 121 Å². The summed E-state index contributed by atoms with van der Waals surface area (Å²) in [6, 6.07) is 3.65. The second-order valence-electron chi connectivity index (χ2n) is 5.81. The summed E-state index contributed by atoms with van der Waals surface area (Å²) < 4.78 is 0. The molecule has 0 aliphatic heterocycles. The first kappa shape index (κ1) is 23.6. The number of phenols is 1. The lowest BCUT2D eigenvalue weighted by Crippen LogP contribution is -2.14. The lowest BCUT2D eigenvalue weighted by Gasteiger charge is -2.21. The molecule has 23 heavy (non-hydrogen) atoms. The summed E-state index contributed by atoms with van der Waals surface area (Å²) >= 11 is 0. The number of benzene rings is 1. The number of hydrogen-bond donors (Lipinski definition) is 4. The molecule has 1 rings (SSSR count). The SMILES string of the molecule is CCC(=O)c1cc(C(C)(C)C)cc(CN)c1O.Cl.O=C(O)CO. The molecule has 0 spiro atoms. The number of carbonyl (C=O) groups is 2. The minimum Gasteiger partial charge on any atom is -0.507 e. The van der Waals surface area contributed by atoms with Crippen molar-refractivity contribution in [2.45, 2.75) is 46.1 Å². The largest absolute Gasteiger partial charge is 0.507 e. The highest BCUT2D eigenvalue weighted by Gasteiger charge is 2.20. The molecule has 0 radical (unpaired) electrons. The van der Waals surface area contributed by atoms with Crippen LogP contribution < -0.4 is 5.73 Å². The molecule has 0 atom stereocenters. The van der Waals surface area contributed by atoms with Gasteiger partial charge < -0.3 is 21.1 Å². The molecule has 0 bridgehead atoms. The van der Waals surface area contributed by atoms with Crippen molar-refractivity contribution >= 4 is 24.2 Å². The van der Waals surface area contributed by atoms with E-state index in [0.717, 1.165) is 5.56 Å². The third kappa shape index (κ3) is 7.45. The fourth-order valence-corrected chi connectivity index (χ4v) is 1.69. The smallest absolute Gasteiger partial charge is 0.329 e. The third-order valence-electron chi connectivity index (χ3n) is 3.03. The molecule has 0 saturated heterocycles. The van der Waals surface area contributed by atoms with Crippen molar-refractivity contribution in [2.24, 2.45) is 5.73 Å². The van der Waals surface area contributed by atoms with Crippen molar-refractivity contribution in [3.63, 3.8) is 0 Å². The number of carboxylic acids is 1. The van der Waals surface area contributed by atoms with E-state index in [0.29, 0.717) is 17.5 Å². The molecule has 7 heteroatoms. The molecule has 0 aliphatic carbocycles. The number of rotatable bonds is 4. The first-order valence-corrected chi connectivity index (χ1v) is 7.00. The average Bonchev–Trinajstić information content (AvgIpc) is 2.46. The van der Waals surface area contributed by atoms with Gasteiger partial charge in [-0.25, -0.2) is 4.79 Å². The lowest BCUT2D eigenvalue weighted by molar-refractivity contribution is -0.140. The van der Waals surface area contributed by atoms with Gasteiger partial charge in [0, 0.05) is 18.5 Å². The molecule has 0 heterocycles. The van der Waals surface area contributed by atoms with Gasteiger partial charge in [-0.15, -0.1) is 12.4 Å². The van der Waals surface area contributed by atoms with Crippen LogP contribution >= 0.6 is 12.4 Å². The van der Waals surface area contributed by atoms with Gasteiger partial charge in [-0.2, -0.15) is 0 Å². The summed E-state index contributed by atoms with van der Waals surface area (Å²) in [5.74, 6) is -1.21. The van der Waals surface area contributed by atoms with Crippen LogP contribution in [0.4, 0.5) is 0 Å². The van der Waals surface area contributed by atoms with Crippen LogP contribution in [0.25, 0.3) is 0 Å². The Morgan fingerprint density at radius 1 is 1.22 bits per heavy atom. The van der Waals surface area contributed by atoms with E-state index >= 15 is 0 Å². The van der Waals surface area contributed by atoms with E-state index in [2.05, 4.69) is 20.8 Å². The molecular weight excluding hydrogens is 322 g/mol. The highest BCUT2D eigenvalue weighted by molar-refractivity contribution is 5.99. The van der Waals surface area contributed by atoms with E-state index in [4.69, 9.17) is 20.7 Å². The number of ketones is 1. The maximum atomic E-state index is 11.8. The Bertz CT molecular complexity index is 538. The Labute approximate surface area is 142 Å². The van der Waals surface area contributed by atoms with Crippen molar-refractivity contribution in [3.8, 4) is 5.75 Å². The minimum atomic E-state index is -1.19. The van der Waals surface area contributed by atoms with E-state index in [1.165, 1.54) is 0 Å². The second kappa shape index (κ2) is 10.2. The third-order valence-corrected chi connectivity index (χ3v) is 3.03. The maximum Gasteiger partial charge on any atom is 0.329 e. The summed E-state index contributed by atoms with van der Waals surface area (Å²) in [6.07, 6.45) is 0.380. The van der Waals surface area contributed by atoms with E-state index in [1.54, 1.807) is 13.0 Å². The number of aliphatic carboxylic acids is 1. The van der Waals surface area contributed by atoms with Crippen molar-refractivity contribution in [3.05, 3.63) is 28.8 Å². The van der Waals surface area contributed by atoms with Gasteiger partial charge in [-0.1, -0.05) is 33.8 Å². The van der Waals surface area contributed by atoms with Gasteiger partial charge >= 0.3 is 5.97 Å². The van der Waals surface area contributed by atoms with Crippen LogP contribution in [0.15, 0.2) is 12.1 Å². The van der Waals surface area contributed by atoms with Crippen LogP contribution in [0.5, 0.6) is 5.75 Å². The molecule has 0 aliphatic rings. The highest BCUT2D eigenvalue weighted by atomic mass is 35.5. The molecule has 1 aromatic rings. The maximum absolute atomic E-state index is 11.8. The minimum absolute atomic E-state index is 0. The van der Waals surface area contributed by atoms with E-state index in [-0.39, 0.29) is 35.9 Å². The number of aliphatic hydroxyl groups is 1. The Morgan fingerprint density at radius 3 is 2.00 bits per heavy atom. The standard InChI is InChI=1S/C14H21NO2.C2H4O3.ClH/c1-5-12(16)11-7-10(14(2,3)4)6-9(8-15)13(11)17;3-1-2(4)5;/h6-7,17H,5,8,15H2,1-4H3;3H,1H2,(H,4,5);1H. The van der Waals surface area contributed by atoms with Crippen LogP contribution in [0.3, 0.4) is 0 Å². The van der Waals surface area contributed by atoms with Gasteiger partial charge in [-0.3, -0.25) is 4.79 Å². The van der Waals surface area contributed by atoms with Crippen LogP contribution in [-0.4, -0.2) is 33.7 Å². The van der Waals surface area contributed by atoms with E-state index in [1.807, 2.05) is 6.07 Å². The molecule has 0 unspecified atom stereocenters. The summed E-state index contributed by atoms with van der Waals surface area (Å²) in [7, 11) is 0. The molecule has 0 saturated carbocycles. The number of hydrogen-bond acceptors (Lipinski definition) is 5. The van der Waals surface area contributed by atoms with Crippen LogP contribution in [0.1, 0.15) is 55.6 Å². The molecule has 1 aromatic carbocycles. The normalized spacial score (nSPS) is 10.2. The first-order chi connectivity index (χ1) is 10.1. The van der Waals surface area contributed by atoms with Gasteiger partial charge in [0.25, 0.3) is 0 Å². The van der Waals surface area contributed by atoms with E-state index < -0.39 is 12.6 Å².